The van der Waals surface area contributed by atoms with E-state index in [4.69, 9.17) is 4.74 Å². The fourth-order valence-corrected chi connectivity index (χ4v) is 3.54. The number of carbonyl (C=O) groups excluding carboxylic acids is 1. The number of amides is 1. The molecule has 0 fully saturated rings. The number of nitrogens with zero attached hydrogens (tertiary/aromatic N) is 2. The van der Waals surface area contributed by atoms with E-state index >= 15 is 0 Å². The molecule has 0 aliphatic carbocycles. The van der Waals surface area contributed by atoms with Crippen molar-refractivity contribution >= 4 is 16.8 Å². The van der Waals surface area contributed by atoms with Crippen LogP contribution in [0.4, 0.5) is 0 Å². The van der Waals surface area contributed by atoms with Crippen molar-refractivity contribution in [3.63, 3.8) is 0 Å². The highest BCUT2D eigenvalue weighted by Gasteiger charge is 2.21. The first-order chi connectivity index (χ1) is 13.1. The third-order valence-electron chi connectivity index (χ3n) is 5.20. The highest BCUT2D eigenvalue weighted by atomic mass is 16.5. The average molecular weight is 364 g/mol. The van der Waals surface area contributed by atoms with Gasteiger partial charge in [-0.25, -0.2) is 0 Å². The van der Waals surface area contributed by atoms with Gasteiger partial charge in [-0.3, -0.25) is 4.79 Å². The minimum absolute atomic E-state index is 0.0308. The molecule has 1 amide bonds. The summed E-state index contributed by atoms with van der Waals surface area (Å²) in [5.74, 6) is 0.0308. The summed E-state index contributed by atoms with van der Waals surface area (Å²) in [5, 5.41) is 1.20. The Hall–Kier alpha value is -2.59. The minimum Gasteiger partial charge on any atom is -0.375 e. The van der Waals surface area contributed by atoms with Crippen LogP contribution in [0.1, 0.15) is 24.6 Å². The fourth-order valence-electron chi connectivity index (χ4n) is 3.54. The van der Waals surface area contributed by atoms with Crippen molar-refractivity contribution in [3.8, 4) is 0 Å². The zero-order valence-corrected chi connectivity index (χ0v) is 16.4. The van der Waals surface area contributed by atoms with E-state index in [0.717, 1.165) is 18.5 Å². The van der Waals surface area contributed by atoms with Gasteiger partial charge in [0.05, 0.1) is 6.54 Å². The van der Waals surface area contributed by atoms with Crippen molar-refractivity contribution in [1.29, 1.82) is 0 Å². The van der Waals surface area contributed by atoms with Crippen molar-refractivity contribution in [2.75, 3.05) is 13.7 Å². The van der Waals surface area contributed by atoms with E-state index in [1.54, 1.807) is 7.11 Å². The van der Waals surface area contributed by atoms with Crippen molar-refractivity contribution < 1.29 is 9.53 Å². The Morgan fingerprint density at radius 1 is 1.11 bits per heavy atom. The molecule has 142 valence electrons. The molecule has 27 heavy (non-hydrogen) atoms. The van der Waals surface area contributed by atoms with Gasteiger partial charge in [-0.2, -0.15) is 0 Å². The summed E-state index contributed by atoms with van der Waals surface area (Å²) < 4.78 is 7.30. The normalized spacial score (nSPS) is 12.3. The lowest BCUT2D eigenvalue weighted by atomic mass is 10.0. The number of benzene rings is 2. The molecule has 2 aromatic carbocycles. The topological polar surface area (TPSA) is 34.5 Å². The fraction of sp³-hybridized carbons (Fsp3) is 0.348. The molecule has 0 radical (unpaired) electrons. The van der Waals surface area contributed by atoms with E-state index < -0.39 is 0 Å². The van der Waals surface area contributed by atoms with Crippen molar-refractivity contribution in [3.05, 3.63) is 71.9 Å². The first-order valence-corrected chi connectivity index (χ1v) is 9.46. The number of hydrogen-bond donors (Lipinski definition) is 0. The molecule has 0 saturated heterocycles. The lowest BCUT2D eigenvalue weighted by Crippen LogP contribution is -2.40. The molecule has 0 N–H and O–H groups in total. The lowest BCUT2D eigenvalue weighted by Gasteiger charge is -2.29. The van der Waals surface area contributed by atoms with Gasteiger partial charge in [0, 0.05) is 31.4 Å². The predicted molar refractivity (Wildman–Crippen MR) is 110 cm³/mol. The van der Waals surface area contributed by atoms with E-state index in [1.165, 1.54) is 16.5 Å². The van der Waals surface area contributed by atoms with Crippen LogP contribution in [-0.4, -0.2) is 35.1 Å². The second kappa shape index (κ2) is 8.87. The van der Waals surface area contributed by atoms with Crippen LogP contribution in [0.25, 0.3) is 10.9 Å². The second-order valence-electron chi connectivity index (χ2n) is 7.08. The first kappa shape index (κ1) is 19.2. The number of fused-ring (bicyclic) bond motifs is 1. The Kier molecular flexibility index (Phi) is 6.30. The molecule has 0 spiro atoms. The molecular weight excluding hydrogens is 336 g/mol. The van der Waals surface area contributed by atoms with Gasteiger partial charge in [-0.1, -0.05) is 48.5 Å². The quantitative estimate of drug-likeness (QED) is 0.601. The van der Waals surface area contributed by atoms with E-state index in [1.807, 2.05) is 23.1 Å². The largest absolute Gasteiger partial charge is 0.375 e. The number of hydrogen-bond acceptors (Lipinski definition) is 2. The van der Waals surface area contributed by atoms with Crippen LogP contribution in [0.5, 0.6) is 0 Å². The Morgan fingerprint density at radius 2 is 1.81 bits per heavy atom. The molecule has 1 unspecified atom stereocenters. The Balaban J connectivity index is 1.77. The Labute approximate surface area is 161 Å². The maximum absolute atomic E-state index is 12.7. The molecule has 1 heterocycles. The van der Waals surface area contributed by atoms with Gasteiger partial charge < -0.3 is 14.2 Å². The number of carbonyl (C=O) groups is 1. The van der Waals surface area contributed by atoms with Crippen LogP contribution in [0.15, 0.2) is 60.7 Å². The summed E-state index contributed by atoms with van der Waals surface area (Å²) in [6, 6.07) is 21.0. The Morgan fingerprint density at radius 3 is 2.52 bits per heavy atom. The number of para-hydroxylation sites is 1. The maximum atomic E-state index is 12.7. The minimum atomic E-state index is 0.0308. The van der Waals surface area contributed by atoms with Gasteiger partial charge in [0.1, 0.15) is 6.61 Å². The van der Waals surface area contributed by atoms with Crippen molar-refractivity contribution in [1.82, 2.24) is 9.47 Å². The highest BCUT2D eigenvalue weighted by molar-refractivity contribution is 5.82. The van der Waals surface area contributed by atoms with Crippen LogP contribution < -0.4 is 0 Å². The van der Waals surface area contributed by atoms with E-state index in [9.17, 15) is 4.79 Å². The number of methoxy groups -OCH3 is 1. The summed E-state index contributed by atoms with van der Waals surface area (Å²) >= 11 is 0. The number of aromatic nitrogens is 1. The third-order valence-corrected chi connectivity index (χ3v) is 5.20. The smallest absolute Gasteiger partial charge is 0.249 e. The lowest BCUT2D eigenvalue weighted by molar-refractivity contribution is -0.138. The third kappa shape index (κ3) is 4.58. The number of rotatable bonds is 8. The van der Waals surface area contributed by atoms with Crippen LogP contribution in [0.2, 0.25) is 0 Å². The molecule has 4 heteroatoms. The van der Waals surface area contributed by atoms with Crippen molar-refractivity contribution in [2.24, 2.45) is 7.05 Å². The predicted octanol–water partition coefficient (Wildman–Crippen LogP) is 4.17. The van der Waals surface area contributed by atoms with Gasteiger partial charge >= 0.3 is 0 Å². The summed E-state index contributed by atoms with van der Waals surface area (Å²) in [6.45, 7) is 2.82. The highest BCUT2D eigenvalue weighted by Crippen LogP contribution is 2.21. The average Bonchev–Trinajstić information content (AvgIpc) is 3.01. The zero-order chi connectivity index (χ0) is 19.2. The van der Waals surface area contributed by atoms with Gasteiger partial charge in [0.15, 0.2) is 0 Å². The Bertz CT molecular complexity index is 886. The van der Waals surface area contributed by atoms with E-state index in [0.29, 0.717) is 6.54 Å². The molecule has 0 saturated carbocycles. The van der Waals surface area contributed by atoms with Gasteiger partial charge in [0.25, 0.3) is 0 Å². The molecule has 0 aliphatic rings. The summed E-state index contributed by atoms with van der Waals surface area (Å²) in [5.41, 5.74) is 3.61. The van der Waals surface area contributed by atoms with Crippen LogP contribution in [0.3, 0.4) is 0 Å². The molecular formula is C23H28N2O2. The molecule has 1 aromatic heterocycles. The van der Waals surface area contributed by atoms with Gasteiger partial charge in [0.2, 0.25) is 5.91 Å². The zero-order valence-electron chi connectivity index (χ0n) is 16.4. The molecule has 0 aliphatic heterocycles. The maximum Gasteiger partial charge on any atom is 0.249 e. The summed E-state index contributed by atoms with van der Waals surface area (Å²) in [7, 11) is 3.63. The van der Waals surface area contributed by atoms with Gasteiger partial charge in [-0.05, 0) is 42.8 Å². The summed E-state index contributed by atoms with van der Waals surface area (Å²) in [4.78, 5) is 14.7. The molecule has 1 atom stereocenters. The van der Waals surface area contributed by atoms with Crippen LogP contribution in [-0.2, 0) is 29.5 Å². The SMILES string of the molecule is COCC(=O)N(Cc1cc2ccccc2n1C)C(C)CCc1ccccc1. The van der Waals surface area contributed by atoms with Crippen molar-refractivity contribution in [2.45, 2.75) is 32.4 Å². The standard InChI is InChI=1S/C23H28N2O2/c1-18(13-14-19-9-5-4-6-10-19)25(23(26)17-27-3)16-21-15-20-11-7-8-12-22(20)24(21)2/h4-12,15,18H,13-14,16-17H2,1-3H3. The summed E-state index contributed by atoms with van der Waals surface area (Å²) in [6.07, 6.45) is 1.87. The monoisotopic (exact) mass is 364 g/mol. The molecule has 4 nitrogen and oxygen atoms in total. The van der Waals surface area contributed by atoms with Gasteiger partial charge in [-0.15, -0.1) is 0 Å². The number of aryl methyl sites for hydroxylation is 2. The van der Waals surface area contributed by atoms with Crippen LogP contribution >= 0.6 is 0 Å². The second-order valence-corrected chi connectivity index (χ2v) is 7.08. The van der Waals surface area contributed by atoms with Crippen LogP contribution in [0, 0.1) is 0 Å². The van der Waals surface area contributed by atoms with E-state index in [2.05, 4.69) is 61.0 Å². The first-order valence-electron chi connectivity index (χ1n) is 9.46. The molecule has 3 aromatic rings. The molecule has 0 bridgehead atoms. The molecule has 3 rings (SSSR count). The van der Waals surface area contributed by atoms with E-state index in [-0.39, 0.29) is 18.6 Å². The number of ether oxygens (including phenoxy) is 1.